The number of rotatable bonds is 35. The van der Waals surface area contributed by atoms with E-state index in [1.807, 2.05) is 24.3 Å². The monoisotopic (exact) mass is 786 g/mol. The van der Waals surface area contributed by atoms with Gasteiger partial charge in [-0.05, 0) is 83.5 Å². The molecule has 1 rings (SSSR count). The second-order valence-corrected chi connectivity index (χ2v) is 14.9. The summed E-state index contributed by atoms with van der Waals surface area (Å²) in [5.74, 6) is -1.06. The minimum Gasteiger partial charge on any atom is -0.462 e. The zero-order valence-corrected chi connectivity index (χ0v) is 34.6. The van der Waals surface area contributed by atoms with E-state index in [0.29, 0.717) is 31.5 Å². The van der Waals surface area contributed by atoms with Crippen molar-refractivity contribution in [2.24, 2.45) is 0 Å². The van der Waals surface area contributed by atoms with Gasteiger partial charge in [0.15, 0.2) is 6.10 Å². The Bertz CT molecular complexity index is 1270. The van der Waals surface area contributed by atoms with Crippen LogP contribution in [0.3, 0.4) is 0 Å². The highest BCUT2D eigenvalue weighted by atomic mass is 31.2. The molecule has 0 aromatic carbocycles. The zero-order valence-electron chi connectivity index (χ0n) is 33.7. The molecule has 55 heavy (non-hydrogen) atoms. The highest BCUT2D eigenvalue weighted by Crippen LogP contribution is 2.36. The first-order chi connectivity index (χ1) is 26.7. The maximum atomic E-state index is 12.4. The van der Waals surface area contributed by atoms with E-state index in [-0.39, 0.29) is 19.4 Å². The summed E-state index contributed by atoms with van der Waals surface area (Å²) in [5.41, 5.74) is 0. The molecule has 0 spiro atoms. The molecular formula is C45H71O9P. The van der Waals surface area contributed by atoms with Gasteiger partial charge in [0.1, 0.15) is 6.61 Å². The Morgan fingerprint density at radius 3 is 1.62 bits per heavy atom. The molecule has 310 valence electrons. The van der Waals surface area contributed by atoms with E-state index in [4.69, 9.17) is 24.0 Å². The number of carbonyl (C=O) groups excluding carboxylic acids is 2. The number of hydrogen-bond acceptors (Lipinski definition) is 7. The summed E-state index contributed by atoms with van der Waals surface area (Å²) in [5, 5.41) is 0. The molecule has 0 aromatic rings. The van der Waals surface area contributed by atoms with Crippen molar-refractivity contribution in [3.8, 4) is 0 Å². The van der Waals surface area contributed by atoms with Gasteiger partial charge in [0, 0.05) is 12.8 Å². The number of esters is 2. The van der Waals surface area contributed by atoms with E-state index in [1.54, 1.807) is 0 Å². The summed E-state index contributed by atoms with van der Waals surface area (Å²) in [6.07, 6.45) is 51.8. The number of unbranched alkanes of at least 4 members (excludes halogenated alkanes) is 6. The van der Waals surface area contributed by atoms with Crippen LogP contribution >= 0.6 is 7.82 Å². The highest BCUT2D eigenvalue weighted by molar-refractivity contribution is 7.46. The van der Waals surface area contributed by atoms with Crippen molar-refractivity contribution in [3.63, 3.8) is 0 Å². The third-order valence-corrected chi connectivity index (χ3v) is 9.00. The van der Waals surface area contributed by atoms with E-state index in [9.17, 15) is 14.2 Å². The van der Waals surface area contributed by atoms with Crippen molar-refractivity contribution in [1.29, 1.82) is 0 Å². The fraction of sp³-hybridized carbons (Fsp3) is 0.600. The van der Waals surface area contributed by atoms with E-state index in [1.165, 1.54) is 51.4 Å². The van der Waals surface area contributed by atoms with Crippen LogP contribution in [0.25, 0.3) is 0 Å². The summed E-state index contributed by atoms with van der Waals surface area (Å²) in [6.45, 7) is 3.49. The lowest BCUT2D eigenvalue weighted by molar-refractivity contribution is -0.161. The first-order valence-electron chi connectivity index (χ1n) is 20.7. The first kappa shape index (κ1) is 49.9. The zero-order chi connectivity index (χ0) is 40.1. The fourth-order valence-corrected chi connectivity index (χ4v) is 5.68. The number of hydrogen-bond donors (Lipinski definition) is 2. The topological polar surface area (TPSA) is 132 Å². The Morgan fingerprint density at radius 2 is 1.07 bits per heavy atom. The van der Waals surface area contributed by atoms with Gasteiger partial charge in [-0.25, -0.2) is 4.57 Å². The van der Waals surface area contributed by atoms with Gasteiger partial charge in [0.05, 0.1) is 18.8 Å². The number of epoxide rings is 1. The molecule has 1 aliphatic rings. The van der Waals surface area contributed by atoms with Crippen LogP contribution in [0, 0.1) is 0 Å². The van der Waals surface area contributed by atoms with Crippen molar-refractivity contribution in [3.05, 3.63) is 97.2 Å². The Balaban J connectivity index is 2.17. The maximum Gasteiger partial charge on any atom is 0.469 e. The van der Waals surface area contributed by atoms with Crippen LogP contribution in [0.5, 0.6) is 0 Å². The van der Waals surface area contributed by atoms with Crippen LogP contribution in [-0.2, 0) is 32.9 Å². The number of phosphoric acid groups is 1. The van der Waals surface area contributed by atoms with Crippen molar-refractivity contribution in [2.75, 3.05) is 13.2 Å². The molecule has 3 atom stereocenters. The Labute approximate surface area is 332 Å². The molecule has 2 unspecified atom stereocenters. The number of allylic oxidation sites excluding steroid dienone is 15. The van der Waals surface area contributed by atoms with Gasteiger partial charge in [-0.15, -0.1) is 0 Å². The highest BCUT2D eigenvalue weighted by Gasteiger charge is 2.36. The molecule has 0 radical (unpaired) electrons. The molecule has 0 amide bonds. The van der Waals surface area contributed by atoms with E-state index in [0.717, 1.165) is 44.9 Å². The second kappa shape index (κ2) is 35.4. The molecule has 0 bridgehead atoms. The predicted molar refractivity (Wildman–Crippen MR) is 224 cm³/mol. The molecule has 9 nitrogen and oxygen atoms in total. The molecule has 10 heteroatoms. The number of phosphoric ester groups is 1. The SMILES string of the molecule is CCCCC/C=C\C/C=C\C/C=C\C/C=C\C/C=C\CCC(=O)OC[C@H](COP(=O)(O)O)OC(=O)CCC/C=C\C/C=C\C/C=C\CC1OC1CCCCC. The molecule has 1 fully saturated rings. The van der Waals surface area contributed by atoms with Gasteiger partial charge >= 0.3 is 19.8 Å². The summed E-state index contributed by atoms with van der Waals surface area (Å²) < 4.78 is 32.0. The normalized spacial score (nSPS) is 17.2. The Hall–Kier alpha value is -3.07. The summed E-state index contributed by atoms with van der Waals surface area (Å²) >= 11 is 0. The van der Waals surface area contributed by atoms with E-state index >= 15 is 0 Å². The van der Waals surface area contributed by atoms with Crippen LogP contribution < -0.4 is 0 Å². The minimum absolute atomic E-state index is 0.111. The van der Waals surface area contributed by atoms with Crippen molar-refractivity contribution < 1.29 is 42.7 Å². The lowest BCUT2D eigenvalue weighted by atomic mass is 10.1. The average Bonchev–Trinajstić information content (AvgIpc) is 3.91. The predicted octanol–water partition coefficient (Wildman–Crippen LogP) is 11.6. The van der Waals surface area contributed by atoms with Gasteiger partial charge in [-0.3, -0.25) is 14.1 Å². The average molecular weight is 787 g/mol. The van der Waals surface area contributed by atoms with Gasteiger partial charge in [0.2, 0.25) is 0 Å². The molecule has 1 aliphatic heterocycles. The van der Waals surface area contributed by atoms with Gasteiger partial charge < -0.3 is 24.0 Å². The van der Waals surface area contributed by atoms with Crippen molar-refractivity contribution >= 4 is 19.8 Å². The van der Waals surface area contributed by atoms with Gasteiger partial charge in [-0.1, -0.05) is 143 Å². The standard InChI is InChI=1S/C45H71O9P/c1-3-5-7-8-9-10-11-12-13-14-15-16-17-18-19-23-26-29-33-37-44(46)51-39-41(40-52-55(48,49)50)53-45(47)38-34-30-27-24-21-20-22-25-28-32-36-43-42(54-43)35-31-6-4-2/h9-10,12-13,15-16,18-20,22,24,26-29,32,41-43H,3-8,11,14,17,21,23,25,30-31,33-40H2,1-2H3,(H2,48,49,50)/b10-9-,13-12-,16-15-,19-18-,22-20-,27-24-,29-26-,32-28-/t41-,42?,43?/m1/s1. The molecule has 1 heterocycles. The lowest BCUT2D eigenvalue weighted by Gasteiger charge is -2.18. The first-order valence-corrected chi connectivity index (χ1v) is 22.2. The molecule has 1 saturated heterocycles. The Kier molecular flexibility index (Phi) is 32.1. The number of ether oxygens (including phenoxy) is 3. The molecule has 0 aliphatic carbocycles. The van der Waals surface area contributed by atoms with E-state index in [2.05, 4.69) is 91.3 Å². The second-order valence-electron chi connectivity index (χ2n) is 13.6. The maximum absolute atomic E-state index is 12.4. The van der Waals surface area contributed by atoms with Crippen molar-refractivity contribution in [1.82, 2.24) is 0 Å². The fourth-order valence-electron chi connectivity index (χ4n) is 5.32. The smallest absolute Gasteiger partial charge is 0.462 e. The quantitative estimate of drug-likeness (QED) is 0.0212. The molecule has 2 N–H and O–H groups in total. The lowest BCUT2D eigenvalue weighted by Crippen LogP contribution is -2.29. The number of carbonyl (C=O) groups is 2. The largest absolute Gasteiger partial charge is 0.469 e. The minimum atomic E-state index is -4.80. The molecule has 0 aromatic heterocycles. The molecule has 0 saturated carbocycles. The Morgan fingerprint density at radius 1 is 0.582 bits per heavy atom. The van der Waals surface area contributed by atoms with Crippen LogP contribution in [0.1, 0.15) is 142 Å². The summed E-state index contributed by atoms with van der Waals surface area (Å²) in [7, 11) is -4.80. The third kappa shape index (κ3) is 35.1. The van der Waals surface area contributed by atoms with Gasteiger partial charge in [0.25, 0.3) is 0 Å². The summed E-state index contributed by atoms with van der Waals surface area (Å²) in [4.78, 5) is 42.8. The van der Waals surface area contributed by atoms with Crippen LogP contribution in [0.15, 0.2) is 97.2 Å². The van der Waals surface area contributed by atoms with Crippen LogP contribution in [-0.4, -0.2) is 53.3 Å². The molecular weight excluding hydrogens is 715 g/mol. The van der Waals surface area contributed by atoms with Gasteiger partial charge in [-0.2, -0.15) is 0 Å². The van der Waals surface area contributed by atoms with Crippen LogP contribution in [0.2, 0.25) is 0 Å². The summed E-state index contributed by atoms with van der Waals surface area (Å²) in [6, 6.07) is 0. The van der Waals surface area contributed by atoms with Crippen molar-refractivity contribution in [2.45, 2.75) is 161 Å². The third-order valence-electron chi connectivity index (χ3n) is 8.51. The van der Waals surface area contributed by atoms with Crippen LogP contribution in [0.4, 0.5) is 0 Å². The van der Waals surface area contributed by atoms with E-state index < -0.39 is 32.5 Å².